The topological polar surface area (TPSA) is 114 Å². The number of nitrogens with zero attached hydrogens (tertiary/aromatic N) is 4. The number of nitrogens with two attached hydrogens (primary N) is 2. The van der Waals surface area contributed by atoms with Gasteiger partial charge in [-0.25, -0.2) is 15.0 Å². The molecule has 0 aliphatic heterocycles. The Morgan fingerprint density at radius 3 is 2.79 bits per heavy atom. The van der Waals surface area contributed by atoms with Crippen LogP contribution in [0, 0.1) is 6.92 Å². The lowest BCUT2D eigenvalue weighted by Gasteiger charge is -2.22. The number of hydrogen-bond acceptors (Lipinski definition) is 8. The van der Waals surface area contributed by atoms with Gasteiger partial charge in [-0.3, -0.25) is 0 Å². The monoisotopic (exact) mass is 368 g/mol. The molecular formula is C15H21ClN6OS. The van der Waals surface area contributed by atoms with E-state index in [0.717, 1.165) is 34.4 Å². The summed E-state index contributed by atoms with van der Waals surface area (Å²) >= 11 is 7.56. The lowest BCUT2D eigenvalue weighted by molar-refractivity contribution is 0.301. The molecule has 0 saturated heterocycles. The van der Waals surface area contributed by atoms with Crippen LogP contribution in [-0.2, 0) is 0 Å². The van der Waals surface area contributed by atoms with E-state index in [1.54, 1.807) is 18.5 Å². The molecule has 5 N–H and O–H groups in total. The summed E-state index contributed by atoms with van der Waals surface area (Å²) in [6.45, 7) is 3.74. The van der Waals surface area contributed by atoms with Crippen LogP contribution in [0.15, 0.2) is 28.4 Å². The zero-order chi connectivity index (χ0) is 17.5. The zero-order valence-electron chi connectivity index (χ0n) is 13.4. The maximum Gasteiger partial charge on any atom is 0.147 e. The largest absolute Gasteiger partial charge is 0.395 e. The van der Waals surface area contributed by atoms with E-state index < -0.39 is 0 Å². The molecule has 24 heavy (non-hydrogen) atoms. The zero-order valence-corrected chi connectivity index (χ0v) is 15.0. The quantitative estimate of drug-likeness (QED) is 0.645. The van der Waals surface area contributed by atoms with Gasteiger partial charge in [0.25, 0.3) is 0 Å². The first-order chi connectivity index (χ1) is 11.6. The summed E-state index contributed by atoms with van der Waals surface area (Å²) in [5.74, 6) is 1.01. The summed E-state index contributed by atoms with van der Waals surface area (Å²) < 4.78 is 0. The second kappa shape index (κ2) is 9.03. The fourth-order valence-electron chi connectivity index (χ4n) is 2.08. The number of hydrogen-bond donors (Lipinski definition) is 3. The molecule has 7 nitrogen and oxygen atoms in total. The molecule has 9 heteroatoms. The molecule has 0 fully saturated rings. The van der Waals surface area contributed by atoms with Gasteiger partial charge < -0.3 is 21.5 Å². The maximum atomic E-state index is 9.21. The SMILES string of the molecule is Cc1nc(N(CCO)CCCN)cnc1Sc1ccnc(N)c1Cl. The average Bonchev–Trinajstić information content (AvgIpc) is 2.57. The maximum absolute atomic E-state index is 9.21. The summed E-state index contributed by atoms with van der Waals surface area (Å²) in [7, 11) is 0. The van der Waals surface area contributed by atoms with Crippen molar-refractivity contribution in [3.63, 3.8) is 0 Å². The van der Waals surface area contributed by atoms with E-state index in [0.29, 0.717) is 23.9 Å². The van der Waals surface area contributed by atoms with E-state index in [1.807, 2.05) is 11.8 Å². The standard InChI is InChI=1S/C15H21ClN6OS/c1-10-15(24-11-3-5-19-14(18)13(11)16)20-9-12(21-10)22(7-8-23)6-2-4-17/h3,5,9,23H,2,4,6-8,17H2,1H3,(H2,18,19). The van der Waals surface area contributed by atoms with Gasteiger partial charge in [0.15, 0.2) is 0 Å². The van der Waals surface area contributed by atoms with Gasteiger partial charge in [-0.1, -0.05) is 23.4 Å². The highest BCUT2D eigenvalue weighted by molar-refractivity contribution is 7.99. The first-order valence-corrected chi connectivity index (χ1v) is 8.73. The van der Waals surface area contributed by atoms with Crippen molar-refractivity contribution in [3.8, 4) is 0 Å². The van der Waals surface area contributed by atoms with Crippen LogP contribution in [0.5, 0.6) is 0 Å². The van der Waals surface area contributed by atoms with E-state index in [-0.39, 0.29) is 6.61 Å². The van der Waals surface area contributed by atoms with Gasteiger partial charge in [-0.15, -0.1) is 0 Å². The van der Waals surface area contributed by atoms with Crippen LogP contribution in [0.2, 0.25) is 5.02 Å². The molecule has 0 saturated carbocycles. The van der Waals surface area contributed by atoms with Crippen LogP contribution < -0.4 is 16.4 Å². The third kappa shape index (κ3) is 4.70. The molecule has 2 heterocycles. The molecule has 0 radical (unpaired) electrons. The van der Waals surface area contributed by atoms with Crippen molar-refractivity contribution in [1.29, 1.82) is 0 Å². The van der Waals surface area contributed by atoms with Gasteiger partial charge in [0.2, 0.25) is 0 Å². The molecule has 0 aromatic carbocycles. The van der Waals surface area contributed by atoms with E-state index in [9.17, 15) is 5.11 Å². The van der Waals surface area contributed by atoms with E-state index >= 15 is 0 Å². The predicted molar refractivity (Wildman–Crippen MR) is 97.5 cm³/mol. The van der Waals surface area contributed by atoms with Crippen molar-refractivity contribution >= 4 is 35.0 Å². The molecule has 0 spiro atoms. The number of anilines is 2. The fraction of sp³-hybridized carbons (Fsp3) is 0.400. The Balaban J connectivity index is 2.20. The number of nitrogen functional groups attached to an aromatic ring is 1. The molecule has 0 atom stereocenters. The first-order valence-electron chi connectivity index (χ1n) is 7.54. The minimum absolute atomic E-state index is 0.0493. The highest BCUT2D eigenvalue weighted by Gasteiger charge is 2.13. The summed E-state index contributed by atoms with van der Waals surface area (Å²) in [6, 6.07) is 1.79. The van der Waals surface area contributed by atoms with Crippen molar-refractivity contribution in [1.82, 2.24) is 15.0 Å². The van der Waals surface area contributed by atoms with E-state index in [2.05, 4.69) is 15.0 Å². The second-order valence-electron chi connectivity index (χ2n) is 5.08. The number of halogens is 1. The minimum atomic E-state index is 0.0493. The lowest BCUT2D eigenvalue weighted by Crippen LogP contribution is -2.30. The normalized spacial score (nSPS) is 10.8. The lowest BCUT2D eigenvalue weighted by atomic mass is 10.3. The number of pyridine rings is 1. The van der Waals surface area contributed by atoms with Gasteiger partial charge >= 0.3 is 0 Å². The van der Waals surface area contributed by atoms with Crippen molar-refractivity contribution in [2.45, 2.75) is 23.3 Å². The molecule has 0 amide bonds. The highest BCUT2D eigenvalue weighted by Crippen LogP contribution is 2.35. The highest BCUT2D eigenvalue weighted by atomic mass is 35.5. The predicted octanol–water partition coefficient (Wildman–Crippen LogP) is 1.71. The van der Waals surface area contributed by atoms with Crippen molar-refractivity contribution in [2.24, 2.45) is 5.73 Å². The average molecular weight is 369 g/mol. The third-order valence-corrected chi connectivity index (χ3v) is 4.97. The van der Waals surface area contributed by atoms with Gasteiger partial charge in [0.05, 0.1) is 23.5 Å². The van der Waals surface area contributed by atoms with E-state index in [1.165, 1.54) is 11.8 Å². The molecule has 2 aromatic heterocycles. The Labute approximate surface area is 150 Å². The van der Waals surface area contributed by atoms with Gasteiger partial charge in [-0.05, 0) is 26.0 Å². The van der Waals surface area contributed by atoms with Gasteiger partial charge in [0, 0.05) is 24.2 Å². The van der Waals surface area contributed by atoms with Crippen LogP contribution >= 0.6 is 23.4 Å². The summed E-state index contributed by atoms with van der Waals surface area (Å²) in [5, 5.41) is 10.4. The smallest absolute Gasteiger partial charge is 0.147 e. The fourth-order valence-corrected chi connectivity index (χ4v) is 3.14. The molecule has 0 bridgehead atoms. The molecule has 2 rings (SSSR count). The number of aromatic nitrogens is 3. The minimum Gasteiger partial charge on any atom is -0.395 e. The van der Waals surface area contributed by atoms with Gasteiger partial charge in [0.1, 0.15) is 16.7 Å². The Hall–Kier alpha value is -1.61. The van der Waals surface area contributed by atoms with Crippen LogP contribution in [0.3, 0.4) is 0 Å². The number of aliphatic hydroxyl groups is 1. The number of aryl methyl sites for hydroxylation is 1. The Morgan fingerprint density at radius 2 is 2.12 bits per heavy atom. The van der Waals surface area contributed by atoms with E-state index in [4.69, 9.17) is 23.1 Å². The Morgan fingerprint density at radius 1 is 1.33 bits per heavy atom. The van der Waals surface area contributed by atoms with Crippen LogP contribution in [0.1, 0.15) is 12.1 Å². The molecular weight excluding hydrogens is 348 g/mol. The van der Waals surface area contributed by atoms with Crippen molar-refractivity contribution in [3.05, 3.63) is 29.2 Å². The molecule has 0 aliphatic carbocycles. The Kier molecular flexibility index (Phi) is 7.04. The Bertz CT molecular complexity index is 687. The van der Waals surface area contributed by atoms with Crippen molar-refractivity contribution in [2.75, 3.05) is 36.9 Å². The summed E-state index contributed by atoms with van der Waals surface area (Å²) in [6.07, 6.45) is 4.12. The molecule has 0 aliphatic rings. The van der Waals surface area contributed by atoms with Crippen LogP contribution in [-0.4, -0.2) is 46.3 Å². The first kappa shape index (κ1) is 18.7. The van der Waals surface area contributed by atoms with Gasteiger partial charge in [-0.2, -0.15) is 0 Å². The van der Waals surface area contributed by atoms with Crippen LogP contribution in [0.4, 0.5) is 11.6 Å². The molecule has 2 aromatic rings. The number of aliphatic hydroxyl groups excluding tert-OH is 1. The molecule has 130 valence electrons. The third-order valence-electron chi connectivity index (χ3n) is 3.30. The second-order valence-corrected chi connectivity index (χ2v) is 6.49. The van der Waals surface area contributed by atoms with Crippen LogP contribution in [0.25, 0.3) is 0 Å². The number of rotatable bonds is 8. The molecule has 0 unspecified atom stereocenters. The summed E-state index contributed by atoms with van der Waals surface area (Å²) in [5.41, 5.74) is 12.1. The summed E-state index contributed by atoms with van der Waals surface area (Å²) in [4.78, 5) is 15.8. The van der Waals surface area contributed by atoms with Crippen molar-refractivity contribution < 1.29 is 5.11 Å².